The van der Waals surface area contributed by atoms with Crippen LogP contribution in [0.4, 0.5) is 0 Å². The Hall–Kier alpha value is -0.650. The van der Waals surface area contributed by atoms with E-state index in [0.717, 1.165) is 0 Å². The van der Waals surface area contributed by atoms with Crippen molar-refractivity contribution in [1.82, 2.24) is 10.6 Å². The van der Waals surface area contributed by atoms with E-state index >= 15 is 0 Å². The summed E-state index contributed by atoms with van der Waals surface area (Å²) in [5.74, 6) is -0.0440. The summed E-state index contributed by atoms with van der Waals surface area (Å²) in [6, 6.07) is 0. The van der Waals surface area contributed by atoms with Crippen LogP contribution in [0, 0.1) is 0 Å². The van der Waals surface area contributed by atoms with Gasteiger partial charge in [-0.1, -0.05) is 0 Å². The highest BCUT2D eigenvalue weighted by molar-refractivity contribution is 5.78. The predicted octanol–water partition coefficient (Wildman–Crippen LogP) is -0.500. The molecule has 0 saturated heterocycles. The summed E-state index contributed by atoms with van der Waals surface area (Å²) in [4.78, 5) is 11.2. The van der Waals surface area contributed by atoms with Crippen LogP contribution in [-0.2, 0) is 9.53 Å². The summed E-state index contributed by atoms with van der Waals surface area (Å²) >= 11 is 0. The van der Waals surface area contributed by atoms with Gasteiger partial charge in [0.1, 0.15) is 0 Å². The highest BCUT2D eigenvalue weighted by Gasteiger charge is 2.10. The van der Waals surface area contributed by atoms with E-state index < -0.39 is 0 Å². The third kappa shape index (κ3) is 11.3. The zero-order chi connectivity index (χ0) is 11.7. The molecule has 0 fully saturated rings. The highest BCUT2D eigenvalue weighted by atomic mass is 16.5. The van der Waals surface area contributed by atoms with Gasteiger partial charge in [-0.2, -0.15) is 0 Å². The lowest BCUT2D eigenvalue weighted by molar-refractivity contribution is -0.120. The molecule has 0 rings (SSSR count). The van der Waals surface area contributed by atoms with Crippen LogP contribution in [0.5, 0.6) is 0 Å². The van der Waals surface area contributed by atoms with Crippen molar-refractivity contribution in [3.63, 3.8) is 0 Å². The molecule has 0 aliphatic carbocycles. The van der Waals surface area contributed by atoms with Gasteiger partial charge in [-0.05, 0) is 20.8 Å². The largest absolute Gasteiger partial charge is 0.394 e. The van der Waals surface area contributed by atoms with Crippen molar-refractivity contribution in [1.29, 1.82) is 0 Å². The minimum atomic E-state index is -0.0509. The van der Waals surface area contributed by atoms with Crippen LogP contribution >= 0.6 is 0 Å². The topological polar surface area (TPSA) is 70.6 Å². The van der Waals surface area contributed by atoms with E-state index in [9.17, 15) is 4.79 Å². The van der Waals surface area contributed by atoms with Gasteiger partial charge in [-0.15, -0.1) is 0 Å². The molecule has 0 saturated carbocycles. The van der Waals surface area contributed by atoms with Gasteiger partial charge in [-0.3, -0.25) is 4.79 Å². The Bertz CT molecular complexity index is 178. The molecule has 0 unspecified atom stereocenters. The Morgan fingerprint density at radius 3 is 2.53 bits per heavy atom. The van der Waals surface area contributed by atoms with Crippen LogP contribution in [-0.4, -0.2) is 49.5 Å². The number of nitrogens with one attached hydrogen (secondary N) is 2. The molecular formula is C10H22N2O3. The van der Waals surface area contributed by atoms with Gasteiger partial charge in [0.15, 0.2) is 0 Å². The summed E-state index contributed by atoms with van der Waals surface area (Å²) in [5.41, 5.74) is -0.0509. The van der Waals surface area contributed by atoms with Crippen molar-refractivity contribution in [2.45, 2.75) is 26.3 Å². The lowest BCUT2D eigenvalue weighted by atomic mass is 10.1. The number of aliphatic hydroxyl groups is 1. The van der Waals surface area contributed by atoms with Crippen molar-refractivity contribution in [3.8, 4) is 0 Å². The molecule has 0 spiro atoms. The Morgan fingerprint density at radius 2 is 2.00 bits per heavy atom. The molecule has 90 valence electrons. The van der Waals surface area contributed by atoms with Crippen molar-refractivity contribution in [2.75, 3.05) is 32.9 Å². The first-order valence-corrected chi connectivity index (χ1v) is 5.16. The average Bonchev–Trinajstić information content (AvgIpc) is 2.13. The molecule has 0 aliphatic rings. The molecule has 0 aromatic rings. The lowest BCUT2D eigenvalue weighted by Gasteiger charge is -2.19. The molecule has 0 aromatic heterocycles. The van der Waals surface area contributed by atoms with Gasteiger partial charge in [0, 0.05) is 12.1 Å². The molecule has 15 heavy (non-hydrogen) atoms. The molecule has 0 aliphatic heterocycles. The summed E-state index contributed by atoms with van der Waals surface area (Å²) in [5, 5.41) is 14.2. The van der Waals surface area contributed by atoms with Crippen molar-refractivity contribution in [3.05, 3.63) is 0 Å². The first-order valence-electron chi connectivity index (χ1n) is 5.16. The predicted molar refractivity (Wildman–Crippen MR) is 58.7 cm³/mol. The Kier molecular flexibility index (Phi) is 7.29. The second-order valence-corrected chi connectivity index (χ2v) is 4.29. The molecule has 1 amide bonds. The van der Waals surface area contributed by atoms with E-state index in [-0.39, 0.29) is 18.1 Å². The highest BCUT2D eigenvalue weighted by Crippen LogP contribution is 1.96. The number of carbonyl (C=O) groups excluding carboxylic acids is 1. The number of carbonyl (C=O) groups is 1. The zero-order valence-corrected chi connectivity index (χ0v) is 9.80. The van der Waals surface area contributed by atoms with Gasteiger partial charge in [0.2, 0.25) is 5.91 Å². The van der Waals surface area contributed by atoms with Crippen molar-refractivity contribution < 1.29 is 14.6 Å². The van der Waals surface area contributed by atoms with Crippen LogP contribution in [0.1, 0.15) is 20.8 Å². The molecule has 5 nitrogen and oxygen atoms in total. The molecule has 0 atom stereocenters. The van der Waals surface area contributed by atoms with E-state index in [1.54, 1.807) is 0 Å². The van der Waals surface area contributed by atoms with Gasteiger partial charge in [0.25, 0.3) is 0 Å². The van der Waals surface area contributed by atoms with Gasteiger partial charge < -0.3 is 20.5 Å². The lowest BCUT2D eigenvalue weighted by Crippen LogP contribution is -2.43. The fraction of sp³-hybridized carbons (Fsp3) is 0.900. The van der Waals surface area contributed by atoms with Crippen LogP contribution in [0.15, 0.2) is 0 Å². The minimum Gasteiger partial charge on any atom is -0.394 e. The monoisotopic (exact) mass is 218 g/mol. The quantitative estimate of drug-likeness (QED) is 0.504. The molecular weight excluding hydrogens is 196 g/mol. The third-order valence-electron chi connectivity index (χ3n) is 1.58. The van der Waals surface area contributed by atoms with E-state index in [4.69, 9.17) is 9.84 Å². The number of hydrogen-bond donors (Lipinski definition) is 3. The number of aliphatic hydroxyl groups excluding tert-OH is 1. The fourth-order valence-electron chi connectivity index (χ4n) is 0.837. The second-order valence-electron chi connectivity index (χ2n) is 4.29. The summed E-state index contributed by atoms with van der Waals surface area (Å²) in [6.45, 7) is 7.56. The molecule has 3 N–H and O–H groups in total. The molecule has 0 bridgehead atoms. The smallest absolute Gasteiger partial charge is 0.234 e. The van der Waals surface area contributed by atoms with Gasteiger partial charge >= 0.3 is 0 Å². The Morgan fingerprint density at radius 1 is 1.33 bits per heavy atom. The molecule has 0 aromatic carbocycles. The van der Waals surface area contributed by atoms with E-state index in [1.807, 2.05) is 20.8 Å². The maximum Gasteiger partial charge on any atom is 0.234 e. The number of ether oxygens (including phenoxy) is 1. The van der Waals surface area contributed by atoms with Gasteiger partial charge in [0.05, 0.1) is 26.4 Å². The maximum absolute atomic E-state index is 11.2. The van der Waals surface area contributed by atoms with E-state index in [2.05, 4.69) is 10.6 Å². The first-order chi connectivity index (χ1) is 6.95. The van der Waals surface area contributed by atoms with Crippen molar-refractivity contribution >= 4 is 5.91 Å². The summed E-state index contributed by atoms with van der Waals surface area (Å²) in [6.07, 6.45) is 0. The number of amides is 1. The second kappa shape index (κ2) is 7.62. The fourth-order valence-corrected chi connectivity index (χ4v) is 0.837. The van der Waals surface area contributed by atoms with Crippen LogP contribution < -0.4 is 10.6 Å². The summed E-state index contributed by atoms with van der Waals surface area (Å²) < 4.78 is 4.99. The van der Waals surface area contributed by atoms with E-state index in [0.29, 0.717) is 26.3 Å². The minimum absolute atomic E-state index is 0.0134. The molecule has 5 heteroatoms. The van der Waals surface area contributed by atoms with Crippen LogP contribution in [0.25, 0.3) is 0 Å². The third-order valence-corrected chi connectivity index (χ3v) is 1.58. The number of rotatable bonds is 7. The Balaban J connectivity index is 3.34. The molecule has 0 heterocycles. The molecule has 0 radical (unpaired) electrons. The van der Waals surface area contributed by atoms with Crippen LogP contribution in [0.3, 0.4) is 0 Å². The zero-order valence-electron chi connectivity index (χ0n) is 9.80. The van der Waals surface area contributed by atoms with Crippen molar-refractivity contribution in [2.24, 2.45) is 0 Å². The SMILES string of the molecule is CC(C)(C)NCC(=O)NCCOCCO. The summed E-state index contributed by atoms with van der Waals surface area (Å²) in [7, 11) is 0. The number of hydrogen-bond acceptors (Lipinski definition) is 4. The first kappa shape index (κ1) is 14.3. The van der Waals surface area contributed by atoms with Gasteiger partial charge in [-0.25, -0.2) is 0 Å². The van der Waals surface area contributed by atoms with E-state index in [1.165, 1.54) is 0 Å². The van der Waals surface area contributed by atoms with Crippen LogP contribution in [0.2, 0.25) is 0 Å². The average molecular weight is 218 g/mol. The normalized spacial score (nSPS) is 11.5. The standard InChI is InChI=1S/C10H22N2O3/c1-10(2,3)12-8-9(14)11-4-6-15-7-5-13/h12-13H,4-8H2,1-3H3,(H,11,14). The maximum atomic E-state index is 11.2. The Labute approximate surface area is 91.2 Å².